The zero-order valence-electron chi connectivity index (χ0n) is 9.86. The van der Waals surface area contributed by atoms with Crippen molar-refractivity contribution in [2.24, 2.45) is 5.16 Å². The zero-order chi connectivity index (χ0) is 14.5. The van der Waals surface area contributed by atoms with E-state index in [4.69, 9.17) is 4.42 Å². The monoisotopic (exact) mass is 338 g/mol. The van der Waals surface area contributed by atoms with Crippen LogP contribution in [0.25, 0.3) is 0 Å². The summed E-state index contributed by atoms with van der Waals surface area (Å²) in [6.07, 6.45) is 1.07. The van der Waals surface area contributed by atoms with E-state index < -0.39 is 16.8 Å². The number of hydrogen-bond acceptors (Lipinski definition) is 6. The third kappa shape index (κ3) is 3.51. The van der Waals surface area contributed by atoms with Crippen LogP contribution >= 0.6 is 15.9 Å². The van der Waals surface area contributed by atoms with Crippen LogP contribution in [0.2, 0.25) is 0 Å². The molecule has 8 heteroatoms. The van der Waals surface area contributed by atoms with Crippen LogP contribution in [0.4, 0.5) is 5.88 Å². The summed E-state index contributed by atoms with van der Waals surface area (Å²) >= 11 is 3.23. The maximum Gasteiger partial charge on any atom is 0.433 e. The van der Waals surface area contributed by atoms with Crippen LogP contribution in [0.5, 0.6) is 0 Å². The molecule has 1 aromatic carbocycles. The van der Waals surface area contributed by atoms with Gasteiger partial charge in [0.25, 0.3) is 0 Å². The minimum Gasteiger partial charge on any atom is -0.400 e. The predicted molar refractivity (Wildman–Crippen MR) is 72.5 cm³/mol. The maximum absolute atomic E-state index is 11.6. The molecule has 20 heavy (non-hydrogen) atoms. The van der Waals surface area contributed by atoms with Gasteiger partial charge in [0, 0.05) is 4.47 Å². The van der Waals surface area contributed by atoms with E-state index in [1.54, 1.807) is 24.3 Å². The summed E-state index contributed by atoms with van der Waals surface area (Å²) in [5.41, 5.74) is 0.321. The molecule has 0 aliphatic heterocycles. The van der Waals surface area contributed by atoms with E-state index in [9.17, 15) is 14.9 Å². The first-order valence-corrected chi connectivity index (χ1v) is 6.10. The smallest absolute Gasteiger partial charge is 0.400 e. The third-order valence-corrected chi connectivity index (χ3v) is 2.66. The molecule has 0 N–H and O–H groups in total. The average molecular weight is 339 g/mol. The van der Waals surface area contributed by atoms with Crippen LogP contribution in [0, 0.1) is 10.1 Å². The van der Waals surface area contributed by atoms with Crippen molar-refractivity contribution in [1.82, 2.24) is 0 Å². The molecule has 1 heterocycles. The van der Waals surface area contributed by atoms with E-state index in [2.05, 4.69) is 25.9 Å². The normalized spacial score (nSPS) is 10.7. The minimum absolute atomic E-state index is 0.110. The molecule has 0 aliphatic rings. The summed E-state index contributed by atoms with van der Waals surface area (Å²) in [4.78, 5) is 26.0. The molecule has 0 radical (unpaired) electrons. The number of oxime groups is 1. The molecule has 0 amide bonds. The van der Waals surface area contributed by atoms with Crippen LogP contribution in [0.3, 0.4) is 0 Å². The van der Waals surface area contributed by atoms with Crippen LogP contribution in [0.15, 0.2) is 50.4 Å². The fourth-order valence-electron chi connectivity index (χ4n) is 1.30. The van der Waals surface area contributed by atoms with Crippen molar-refractivity contribution in [3.8, 4) is 0 Å². The van der Waals surface area contributed by atoms with Gasteiger partial charge in [0.1, 0.15) is 11.1 Å². The molecule has 0 saturated heterocycles. The molecule has 102 valence electrons. The van der Waals surface area contributed by atoms with Gasteiger partial charge in [-0.15, -0.1) is 0 Å². The molecule has 2 rings (SSSR count). The number of carbonyl (C=O) groups is 1. The van der Waals surface area contributed by atoms with Crippen LogP contribution < -0.4 is 0 Å². The van der Waals surface area contributed by atoms with E-state index in [0.717, 1.165) is 10.7 Å². The first-order valence-electron chi connectivity index (χ1n) is 5.31. The number of halogens is 1. The number of hydrogen-bond donors (Lipinski definition) is 0. The molecule has 7 nitrogen and oxygen atoms in total. The Labute approximate surface area is 121 Å². The highest BCUT2D eigenvalue weighted by molar-refractivity contribution is 9.10. The van der Waals surface area contributed by atoms with Gasteiger partial charge in [0.15, 0.2) is 5.76 Å². The number of benzene rings is 1. The number of rotatable bonds is 4. The Morgan fingerprint density at radius 1 is 1.40 bits per heavy atom. The van der Waals surface area contributed by atoms with Gasteiger partial charge in [-0.25, -0.2) is 4.79 Å². The molecule has 0 saturated carbocycles. The fraction of sp³-hybridized carbons (Fsp3) is 0. The lowest BCUT2D eigenvalue weighted by atomic mass is 10.2. The van der Waals surface area contributed by atoms with Gasteiger partial charge >= 0.3 is 11.9 Å². The van der Waals surface area contributed by atoms with Crippen LogP contribution in [-0.2, 0) is 4.84 Å². The van der Waals surface area contributed by atoms with Gasteiger partial charge in [-0.1, -0.05) is 27.2 Å². The Bertz CT molecular complexity index is 680. The highest BCUT2D eigenvalue weighted by Crippen LogP contribution is 2.14. The van der Waals surface area contributed by atoms with Crippen molar-refractivity contribution in [1.29, 1.82) is 0 Å². The average Bonchev–Trinajstić information content (AvgIpc) is 2.87. The summed E-state index contributed by atoms with van der Waals surface area (Å²) in [5, 5.41) is 13.8. The van der Waals surface area contributed by atoms with Crippen molar-refractivity contribution in [3.05, 3.63) is 62.3 Å². The number of nitro groups is 1. The molecule has 2 aromatic rings. The van der Waals surface area contributed by atoms with E-state index >= 15 is 0 Å². The van der Waals surface area contributed by atoms with E-state index in [-0.39, 0.29) is 5.76 Å². The fourth-order valence-corrected chi connectivity index (χ4v) is 1.70. The van der Waals surface area contributed by atoms with E-state index in [1.165, 1.54) is 12.1 Å². The van der Waals surface area contributed by atoms with Gasteiger partial charge in [-0.05, 0) is 24.3 Å². The second kappa shape index (κ2) is 6.11. The Hall–Kier alpha value is -2.48. The lowest BCUT2D eigenvalue weighted by Crippen LogP contribution is -2.00. The first kappa shape index (κ1) is 13.9. The quantitative estimate of drug-likeness (QED) is 0.369. The van der Waals surface area contributed by atoms with Gasteiger partial charge < -0.3 is 9.25 Å². The predicted octanol–water partition coefficient (Wildman–Crippen LogP) is 3.14. The number of nitrogens with zero attached hydrogens (tertiary/aromatic N) is 2. The van der Waals surface area contributed by atoms with Crippen molar-refractivity contribution < 1.29 is 19.0 Å². The Kier molecular flexibility index (Phi) is 4.26. The zero-order valence-corrected chi connectivity index (χ0v) is 11.4. The number of carbonyl (C=O) groups excluding carboxylic acids is 1. The second-order valence-electron chi connectivity index (χ2n) is 3.56. The largest absolute Gasteiger partial charge is 0.433 e. The van der Waals surface area contributed by atoms with Crippen molar-refractivity contribution >= 4 is 34.0 Å². The summed E-state index contributed by atoms with van der Waals surface area (Å²) < 4.78 is 5.54. The number of furan rings is 1. The molecule has 1 aromatic heterocycles. The van der Waals surface area contributed by atoms with Gasteiger partial charge in [0.2, 0.25) is 0 Å². The highest BCUT2D eigenvalue weighted by Gasteiger charge is 2.11. The topological polar surface area (TPSA) is 94.9 Å². The standard InChI is InChI=1S/C12H7BrN2O5/c13-9-3-1-2-8(6-9)12(16)20-14-7-10-4-5-11(19-10)15(17)18/h1-7H/b14-7+. The Morgan fingerprint density at radius 2 is 2.20 bits per heavy atom. The molecule has 0 atom stereocenters. The Morgan fingerprint density at radius 3 is 2.85 bits per heavy atom. The van der Waals surface area contributed by atoms with E-state index in [1.807, 2.05) is 0 Å². The lowest BCUT2D eigenvalue weighted by Gasteiger charge is -1.97. The molecule has 0 bridgehead atoms. The molecular formula is C12H7BrN2O5. The maximum atomic E-state index is 11.6. The summed E-state index contributed by atoms with van der Waals surface area (Å²) in [6, 6.07) is 9.12. The lowest BCUT2D eigenvalue weighted by molar-refractivity contribution is -0.402. The van der Waals surface area contributed by atoms with Crippen LogP contribution in [-0.4, -0.2) is 17.1 Å². The summed E-state index contributed by atoms with van der Waals surface area (Å²) in [7, 11) is 0. The van der Waals surface area contributed by atoms with Gasteiger partial charge in [-0.2, -0.15) is 0 Å². The molecule has 0 unspecified atom stereocenters. The minimum atomic E-state index is -0.676. The van der Waals surface area contributed by atoms with Crippen molar-refractivity contribution in [2.75, 3.05) is 0 Å². The van der Waals surface area contributed by atoms with Crippen molar-refractivity contribution in [2.45, 2.75) is 0 Å². The summed E-state index contributed by atoms with van der Waals surface area (Å²) in [5.74, 6) is -0.952. The molecule has 0 fully saturated rings. The first-order chi connectivity index (χ1) is 9.56. The van der Waals surface area contributed by atoms with E-state index in [0.29, 0.717) is 5.56 Å². The molecule has 0 spiro atoms. The highest BCUT2D eigenvalue weighted by atomic mass is 79.9. The van der Waals surface area contributed by atoms with Gasteiger partial charge in [0.05, 0.1) is 11.6 Å². The van der Waals surface area contributed by atoms with Crippen molar-refractivity contribution in [3.63, 3.8) is 0 Å². The van der Waals surface area contributed by atoms with Gasteiger partial charge in [-0.3, -0.25) is 10.1 Å². The Balaban J connectivity index is 1.99. The third-order valence-electron chi connectivity index (χ3n) is 2.17. The molecule has 0 aliphatic carbocycles. The molecular weight excluding hydrogens is 332 g/mol. The SMILES string of the molecule is O=C(O/N=C/c1ccc([N+](=O)[O-])o1)c1cccc(Br)c1. The second-order valence-corrected chi connectivity index (χ2v) is 4.47. The van der Waals surface area contributed by atoms with Crippen LogP contribution in [0.1, 0.15) is 16.1 Å². The summed E-state index contributed by atoms with van der Waals surface area (Å²) in [6.45, 7) is 0.